The van der Waals surface area contributed by atoms with E-state index < -0.39 is 10.0 Å². The van der Waals surface area contributed by atoms with Gasteiger partial charge in [-0.25, -0.2) is 13.4 Å². The molecule has 0 unspecified atom stereocenters. The molecule has 0 fully saturated rings. The SMILES string of the molecule is CN(CCc1ccc(C2=NCCN2)cc1)C(=O)CCN(C)S(=O)(=O)c1nccc2oncc12. The summed E-state index contributed by atoms with van der Waals surface area (Å²) in [5.74, 6) is 0.790. The van der Waals surface area contributed by atoms with Crippen LogP contribution in [0.4, 0.5) is 0 Å². The number of carbonyl (C=O) groups excluding carboxylic acids is 1. The van der Waals surface area contributed by atoms with Crippen LogP contribution in [-0.2, 0) is 21.2 Å². The highest BCUT2D eigenvalue weighted by Gasteiger charge is 2.26. The molecule has 10 nitrogen and oxygen atoms in total. The molecule has 0 saturated carbocycles. The van der Waals surface area contributed by atoms with E-state index >= 15 is 0 Å². The van der Waals surface area contributed by atoms with E-state index in [-0.39, 0.29) is 23.9 Å². The molecule has 2 aromatic heterocycles. The van der Waals surface area contributed by atoms with Crippen LogP contribution in [0.25, 0.3) is 11.0 Å². The maximum absolute atomic E-state index is 12.9. The number of hydrogen-bond acceptors (Lipinski definition) is 8. The van der Waals surface area contributed by atoms with Gasteiger partial charge in [-0.3, -0.25) is 9.79 Å². The number of nitrogens with one attached hydrogen (secondary N) is 1. The minimum absolute atomic E-state index is 0.0403. The van der Waals surface area contributed by atoms with Gasteiger partial charge in [0, 0.05) is 58.0 Å². The van der Waals surface area contributed by atoms with E-state index in [1.807, 2.05) is 24.3 Å². The molecule has 1 amide bonds. The van der Waals surface area contributed by atoms with Crippen LogP contribution in [0.2, 0.25) is 0 Å². The molecule has 0 saturated heterocycles. The second kappa shape index (κ2) is 9.67. The highest BCUT2D eigenvalue weighted by Crippen LogP contribution is 2.22. The standard InChI is InChI=1S/C22H26N6O4S/c1-27(13-8-16-3-5-17(6-4-16)21-23-11-12-24-21)20(29)9-14-28(2)33(30,31)22-18-15-26-32-19(18)7-10-25-22/h3-7,10,15H,8-9,11-14H2,1-2H3,(H,23,24). The number of aromatic nitrogens is 2. The molecule has 0 bridgehead atoms. The molecular formula is C22H26N6O4S. The van der Waals surface area contributed by atoms with Crippen molar-refractivity contribution >= 4 is 32.7 Å². The van der Waals surface area contributed by atoms with E-state index in [1.165, 1.54) is 19.4 Å². The number of amides is 1. The molecule has 0 radical (unpaired) electrons. The zero-order valence-corrected chi connectivity index (χ0v) is 19.4. The van der Waals surface area contributed by atoms with Crippen molar-refractivity contribution in [1.82, 2.24) is 24.7 Å². The first-order chi connectivity index (χ1) is 15.9. The Morgan fingerprint density at radius 1 is 1.15 bits per heavy atom. The molecule has 33 heavy (non-hydrogen) atoms. The number of amidine groups is 1. The summed E-state index contributed by atoms with van der Waals surface area (Å²) in [4.78, 5) is 22.6. The molecule has 1 aromatic carbocycles. The highest BCUT2D eigenvalue weighted by molar-refractivity contribution is 7.89. The van der Waals surface area contributed by atoms with Crippen molar-refractivity contribution in [2.75, 3.05) is 40.3 Å². The number of pyridine rings is 1. The first kappa shape index (κ1) is 22.9. The smallest absolute Gasteiger partial charge is 0.261 e. The molecule has 1 N–H and O–H groups in total. The molecule has 0 atom stereocenters. The van der Waals surface area contributed by atoms with Gasteiger partial charge in [0.25, 0.3) is 10.0 Å². The fourth-order valence-corrected chi connectivity index (χ4v) is 4.78. The van der Waals surface area contributed by atoms with Gasteiger partial charge in [0.05, 0.1) is 18.1 Å². The summed E-state index contributed by atoms with van der Waals surface area (Å²) in [5, 5.41) is 7.06. The van der Waals surface area contributed by atoms with Gasteiger partial charge in [0.2, 0.25) is 5.91 Å². The number of likely N-dealkylation sites (N-methyl/N-ethyl adjacent to an activating group) is 1. The second-order valence-corrected chi connectivity index (χ2v) is 9.81. The summed E-state index contributed by atoms with van der Waals surface area (Å²) >= 11 is 0. The number of nitrogens with zero attached hydrogens (tertiary/aromatic N) is 5. The van der Waals surface area contributed by atoms with Crippen molar-refractivity contribution in [3.8, 4) is 0 Å². The third-order valence-electron chi connectivity index (χ3n) is 5.60. The Kier molecular flexibility index (Phi) is 6.70. The molecule has 1 aliphatic heterocycles. The largest absolute Gasteiger partial charge is 0.368 e. The normalized spacial score (nSPS) is 13.8. The average Bonchev–Trinajstić information content (AvgIpc) is 3.53. The van der Waals surface area contributed by atoms with Crippen LogP contribution in [0.3, 0.4) is 0 Å². The maximum Gasteiger partial charge on any atom is 0.261 e. The number of sulfonamides is 1. The lowest BCUT2D eigenvalue weighted by Crippen LogP contribution is -2.34. The van der Waals surface area contributed by atoms with E-state index in [0.29, 0.717) is 23.9 Å². The monoisotopic (exact) mass is 470 g/mol. The summed E-state index contributed by atoms with van der Waals surface area (Å²) in [5.41, 5.74) is 2.51. The Labute approximate surface area is 192 Å². The van der Waals surface area contributed by atoms with Gasteiger partial charge >= 0.3 is 0 Å². The fraction of sp³-hybridized carbons (Fsp3) is 0.364. The molecule has 174 valence electrons. The Morgan fingerprint density at radius 3 is 2.67 bits per heavy atom. The van der Waals surface area contributed by atoms with E-state index in [1.54, 1.807) is 18.0 Å². The van der Waals surface area contributed by atoms with Gasteiger partial charge in [0.15, 0.2) is 10.6 Å². The summed E-state index contributed by atoms with van der Waals surface area (Å²) in [6, 6.07) is 9.67. The van der Waals surface area contributed by atoms with E-state index in [2.05, 4.69) is 20.4 Å². The number of carbonyl (C=O) groups is 1. The molecule has 3 heterocycles. The number of hydrogen-bond donors (Lipinski definition) is 1. The first-order valence-electron chi connectivity index (χ1n) is 10.6. The lowest BCUT2D eigenvalue weighted by molar-refractivity contribution is -0.129. The molecule has 3 aromatic rings. The summed E-state index contributed by atoms with van der Waals surface area (Å²) < 4.78 is 32.0. The van der Waals surface area contributed by atoms with Crippen LogP contribution in [0.1, 0.15) is 17.5 Å². The van der Waals surface area contributed by atoms with Gasteiger partial charge in [-0.1, -0.05) is 29.4 Å². The lowest BCUT2D eigenvalue weighted by Gasteiger charge is -2.20. The predicted octanol–water partition coefficient (Wildman–Crippen LogP) is 1.28. The Hall–Kier alpha value is -3.31. The maximum atomic E-state index is 12.9. The highest BCUT2D eigenvalue weighted by atomic mass is 32.2. The average molecular weight is 471 g/mol. The van der Waals surface area contributed by atoms with Gasteiger partial charge < -0.3 is 14.7 Å². The van der Waals surface area contributed by atoms with Crippen molar-refractivity contribution in [1.29, 1.82) is 0 Å². The summed E-state index contributed by atoms with van der Waals surface area (Å²) in [6.45, 7) is 2.24. The molecule has 0 spiro atoms. The Bertz CT molecular complexity index is 1270. The van der Waals surface area contributed by atoms with E-state index in [9.17, 15) is 13.2 Å². The second-order valence-electron chi connectivity index (χ2n) is 7.85. The van der Waals surface area contributed by atoms with Crippen LogP contribution in [-0.4, -0.2) is 79.8 Å². The molecular weight excluding hydrogens is 444 g/mol. The van der Waals surface area contributed by atoms with E-state index in [4.69, 9.17) is 4.52 Å². The van der Waals surface area contributed by atoms with Crippen molar-refractivity contribution in [3.05, 3.63) is 53.9 Å². The van der Waals surface area contributed by atoms with Crippen LogP contribution in [0.15, 0.2) is 57.3 Å². The third kappa shape index (κ3) is 5.04. The number of fused-ring (bicyclic) bond motifs is 1. The van der Waals surface area contributed by atoms with Crippen molar-refractivity contribution in [2.24, 2.45) is 4.99 Å². The first-order valence-corrected chi connectivity index (χ1v) is 12.1. The lowest BCUT2D eigenvalue weighted by atomic mass is 10.1. The molecule has 1 aliphatic rings. The van der Waals surface area contributed by atoms with Crippen molar-refractivity contribution in [3.63, 3.8) is 0 Å². The van der Waals surface area contributed by atoms with Gasteiger partial charge in [-0.15, -0.1) is 0 Å². The third-order valence-corrected chi connectivity index (χ3v) is 7.42. The van der Waals surface area contributed by atoms with Crippen molar-refractivity contribution < 1.29 is 17.7 Å². The summed E-state index contributed by atoms with van der Waals surface area (Å²) in [7, 11) is -0.730. The number of aliphatic imine (C=N–C) groups is 1. The molecule has 4 rings (SSSR count). The van der Waals surface area contributed by atoms with Crippen LogP contribution >= 0.6 is 0 Å². The number of rotatable bonds is 9. The Balaban J connectivity index is 1.29. The number of benzene rings is 1. The van der Waals surface area contributed by atoms with Crippen molar-refractivity contribution in [2.45, 2.75) is 17.9 Å². The van der Waals surface area contributed by atoms with E-state index in [0.717, 1.165) is 34.4 Å². The van der Waals surface area contributed by atoms with Crippen LogP contribution < -0.4 is 5.32 Å². The minimum atomic E-state index is -3.89. The summed E-state index contributed by atoms with van der Waals surface area (Å²) in [6.07, 6.45) is 3.45. The zero-order chi connectivity index (χ0) is 23.4. The van der Waals surface area contributed by atoms with Gasteiger partial charge in [-0.05, 0) is 12.0 Å². The van der Waals surface area contributed by atoms with Crippen LogP contribution in [0.5, 0.6) is 0 Å². The minimum Gasteiger partial charge on any atom is -0.368 e. The van der Waals surface area contributed by atoms with Gasteiger partial charge in [0.1, 0.15) is 5.84 Å². The topological polar surface area (TPSA) is 121 Å². The molecule has 11 heteroatoms. The predicted molar refractivity (Wildman–Crippen MR) is 123 cm³/mol. The van der Waals surface area contributed by atoms with Crippen LogP contribution in [0, 0.1) is 0 Å². The zero-order valence-electron chi connectivity index (χ0n) is 18.6. The quantitative estimate of drug-likeness (QED) is 0.500. The fourth-order valence-electron chi connectivity index (χ4n) is 3.53. The van der Waals surface area contributed by atoms with Gasteiger partial charge in [-0.2, -0.15) is 4.31 Å². The molecule has 0 aliphatic carbocycles. The Morgan fingerprint density at radius 2 is 1.94 bits per heavy atom.